The number of aryl methyl sites for hydroxylation is 1. The highest BCUT2D eigenvalue weighted by molar-refractivity contribution is 5.80. The smallest absolute Gasteiger partial charge is 0.194 e. The van der Waals surface area contributed by atoms with E-state index in [-0.39, 0.29) is 0 Å². The Kier molecular flexibility index (Phi) is 5.64. The number of guanidine groups is 1. The maximum Gasteiger partial charge on any atom is 0.194 e. The van der Waals surface area contributed by atoms with Crippen molar-refractivity contribution in [2.45, 2.75) is 78.3 Å². The highest BCUT2D eigenvalue weighted by Gasteiger charge is 2.36. The van der Waals surface area contributed by atoms with Crippen molar-refractivity contribution >= 4 is 5.96 Å². The normalized spacial score (nSPS) is 21.3. The van der Waals surface area contributed by atoms with Crippen LogP contribution in [0.25, 0.3) is 0 Å². The van der Waals surface area contributed by atoms with Crippen LogP contribution >= 0.6 is 0 Å². The molecule has 140 valence electrons. The molecule has 2 aliphatic rings. The molecular weight excluding hydrogens is 312 g/mol. The Hall–Kier alpha value is -1.59. The second kappa shape index (κ2) is 7.75. The lowest BCUT2D eigenvalue weighted by atomic mass is 9.82. The van der Waals surface area contributed by atoms with Crippen molar-refractivity contribution in [3.8, 4) is 0 Å². The van der Waals surface area contributed by atoms with E-state index in [1.165, 1.54) is 44.9 Å². The molecule has 1 aliphatic heterocycles. The van der Waals surface area contributed by atoms with E-state index < -0.39 is 0 Å². The standard InChI is InChI=1S/C19H34N6/c1-5-19(6-2)11-12-25(14-19)18(21-16-9-7-8-10-16)20-13-17-23-22-15(3)24(17)4/h16H,5-14H2,1-4H3,(H,20,21). The summed E-state index contributed by atoms with van der Waals surface area (Å²) in [5, 5.41) is 12.2. The van der Waals surface area contributed by atoms with Gasteiger partial charge in [-0.2, -0.15) is 0 Å². The van der Waals surface area contributed by atoms with E-state index >= 15 is 0 Å². The molecule has 1 aliphatic carbocycles. The van der Waals surface area contributed by atoms with Crippen LogP contribution in [0.5, 0.6) is 0 Å². The lowest BCUT2D eigenvalue weighted by Gasteiger charge is -2.29. The van der Waals surface area contributed by atoms with Crippen LogP contribution in [0.15, 0.2) is 4.99 Å². The minimum absolute atomic E-state index is 0.458. The summed E-state index contributed by atoms with van der Waals surface area (Å²) in [5.41, 5.74) is 0.458. The van der Waals surface area contributed by atoms with Gasteiger partial charge in [-0.05, 0) is 44.4 Å². The lowest BCUT2D eigenvalue weighted by molar-refractivity contribution is 0.275. The molecule has 0 unspecified atom stereocenters. The van der Waals surface area contributed by atoms with Gasteiger partial charge >= 0.3 is 0 Å². The number of likely N-dealkylation sites (tertiary alicyclic amines) is 1. The summed E-state index contributed by atoms with van der Waals surface area (Å²) in [6.07, 6.45) is 8.97. The highest BCUT2D eigenvalue weighted by atomic mass is 15.3. The molecule has 1 saturated carbocycles. The van der Waals surface area contributed by atoms with Crippen LogP contribution in [-0.4, -0.2) is 44.8 Å². The molecule has 0 amide bonds. The van der Waals surface area contributed by atoms with Gasteiger partial charge in [0.05, 0.1) is 0 Å². The Labute approximate surface area is 152 Å². The number of rotatable bonds is 5. The minimum Gasteiger partial charge on any atom is -0.353 e. The number of nitrogens with zero attached hydrogens (tertiary/aromatic N) is 5. The summed E-state index contributed by atoms with van der Waals surface area (Å²) in [6.45, 7) is 9.46. The molecule has 1 aromatic rings. The van der Waals surface area contributed by atoms with E-state index in [0.717, 1.165) is 30.7 Å². The van der Waals surface area contributed by atoms with Gasteiger partial charge < -0.3 is 14.8 Å². The maximum atomic E-state index is 4.96. The van der Waals surface area contributed by atoms with Crippen molar-refractivity contribution in [2.24, 2.45) is 17.5 Å². The van der Waals surface area contributed by atoms with Crippen molar-refractivity contribution in [3.63, 3.8) is 0 Å². The summed E-state index contributed by atoms with van der Waals surface area (Å²) < 4.78 is 2.03. The fraction of sp³-hybridized carbons (Fsp3) is 0.842. The van der Waals surface area contributed by atoms with Crippen LogP contribution < -0.4 is 5.32 Å². The summed E-state index contributed by atoms with van der Waals surface area (Å²) in [5.74, 6) is 2.95. The van der Waals surface area contributed by atoms with E-state index in [4.69, 9.17) is 4.99 Å². The zero-order chi connectivity index (χ0) is 17.9. The largest absolute Gasteiger partial charge is 0.353 e. The average Bonchev–Trinajstić information content (AvgIpc) is 3.35. The van der Waals surface area contributed by atoms with Crippen LogP contribution in [0.1, 0.15) is 70.4 Å². The first-order valence-electron chi connectivity index (χ1n) is 9.97. The molecule has 0 spiro atoms. The monoisotopic (exact) mass is 346 g/mol. The molecule has 6 nitrogen and oxygen atoms in total. The van der Waals surface area contributed by atoms with Gasteiger partial charge in [-0.3, -0.25) is 0 Å². The Bertz CT molecular complexity index is 595. The molecule has 1 aromatic heterocycles. The zero-order valence-corrected chi connectivity index (χ0v) is 16.4. The number of nitrogens with one attached hydrogen (secondary N) is 1. The first-order valence-corrected chi connectivity index (χ1v) is 9.97. The first kappa shape index (κ1) is 18.2. The molecule has 1 saturated heterocycles. The van der Waals surface area contributed by atoms with Crippen LogP contribution in [0.4, 0.5) is 0 Å². The van der Waals surface area contributed by atoms with E-state index in [0.29, 0.717) is 18.0 Å². The average molecular weight is 347 g/mol. The topological polar surface area (TPSA) is 58.3 Å². The van der Waals surface area contributed by atoms with E-state index in [1.54, 1.807) is 0 Å². The minimum atomic E-state index is 0.458. The van der Waals surface area contributed by atoms with E-state index in [1.807, 2.05) is 18.5 Å². The Balaban J connectivity index is 1.75. The predicted octanol–water partition coefficient (Wildman–Crippen LogP) is 3.02. The Morgan fingerprint density at radius 2 is 1.96 bits per heavy atom. The van der Waals surface area contributed by atoms with Crippen molar-refractivity contribution < 1.29 is 0 Å². The summed E-state index contributed by atoms with van der Waals surface area (Å²) in [6, 6.07) is 0.582. The van der Waals surface area contributed by atoms with Gasteiger partial charge in [-0.15, -0.1) is 10.2 Å². The SMILES string of the molecule is CCC1(CC)CCN(C(=NCc2nnc(C)n2C)NC2CCCC2)C1. The fourth-order valence-corrected chi connectivity index (χ4v) is 4.17. The fourth-order valence-electron chi connectivity index (χ4n) is 4.17. The summed E-state index contributed by atoms with van der Waals surface area (Å²) in [4.78, 5) is 7.44. The number of aromatic nitrogens is 3. The van der Waals surface area contributed by atoms with Crippen molar-refractivity contribution in [2.75, 3.05) is 13.1 Å². The third-order valence-corrected chi connectivity index (χ3v) is 6.48. The zero-order valence-electron chi connectivity index (χ0n) is 16.4. The second-order valence-corrected chi connectivity index (χ2v) is 7.87. The molecule has 3 rings (SSSR count). The molecule has 6 heteroatoms. The molecule has 2 heterocycles. The third kappa shape index (κ3) is 3.98. The summed E-state index contributed by atoms with van der Waals surface area (Å²) in [7, 11) is 2.01. The first-order chi connectivity index (χ1) is 12.1. The molecule has 0 bridgehead atoms. The van der Waals surface area contributed by atoms with Gasteiger partial charge in [0, 0.05) is 26.2 Å². The molecule has 1 N–H and O–H groups in total. The molecule has 0 radical (unpaired) electrons. The maximum absolute atomic E-state index is 4.96. The molecule has 25 heavy (non-hydrogen) atoms. The summed E-state index contributed by atoms with van der Waals surface area (Å²) >= 11 is 0. The van der Waals surface area contributed by atoms with Crippen LogP contribution in [0.3, 0.4) is 0 Å². The van der Waals surface area contributed by atoms with Crippen LogP contribution in [0, 0.1) is 12.3 Å². The van der Waals surface area contributed by atoms with Gasteiger partial charge in [-0.1, -0.05) is 26.7 Å². The van der Waals surface area contributed by atoms with E-state index in [9.17, 15) is 0 Å². The quantitative estimate of drug-likeness (QED) is 0.658. The molecular formula is C19H34N6. The number of aliphatic imine (C=N–C) groups is 1. The third-order valence-electron chi connectivity index (χ3n) is 6.48. The Morgan fingerprint density at radius 1 is 1.24 bits per heavy atom. The molecule has 2 fully saturated rings. The van der Waals surface area contributed by atoms with Crippen molar-refractivity contribution in [1.82, 2.24) is 25.0 Å². The van der Waals surface area contributed by atoms with E-state index in [2.05, 4.69) is 34.3 Å². The lowest BCUT2D eigenvalue weighted by Crippen LogP contribution is -2.45. The predicted molar refractivity (Wildman–Crippen MR) is 101 cm³/mol. The van der Waals surface area contributed by atoms with Crippen molar-refractivity contribution in [1.29, 1.82) is 0 Å². The van der Waals surface area contributed by atoms with Crippen LogP contribution in [-0.2, 0) is 13.6 Å². The van der Waals surface area contributed by atoms with Gasteiger partial charge in [0.15, 0.2) is 11.8 Å². The second-order valence-electron chi connectivity index (χ2n) is 7.87. The Morgan fingerprint density at radius 3 is 2.52 bits per heavy atom. The molecule has 0 atom stereocenters. The number of hydrogen-bond acceptors (Lipinski definition) is 3. The van der Waals surface area contributed by atoms with Gasteiger partial charge in [0.25, 0.3) is 0 Å². The molecule has 0 aromatic carbocycles. The highest BCUT2D eigenvalue weighted by Crippen LogP contribution is 2.37. The van der Waals surface area contributed by atoms with Crippen LogP contribution in [0.2, 0.25) is 0 Å². The van der Waals surface area contributed by atoms with Gasteiger partial charge in [-0.25, -0.2) is 4.99 Å². The number of hydrogen-bond donors (Lipinski definition) is 1. The van der Waals surface area contributed by atoms with Gasteiger partial charge in [0.1, 0.15) is 12.4 Å². The van der Waals surface area contributed by atoms with Gasteiger partial charge in [0.2, 0.25) is 0 Å². The van der Waals surface area contributed by atoms with Crippen molar-refractivity contribution in [3.05, 3.63) is 11.6 Å².